The van der Waals surface area contributed by atoms with E-state index in [1.165, 1.54) is 0 Å². The summed E-state index contributed by atoms with van der Waals surface area (Å²) < 4.78 is 5.65. The summed E-state index contributed by atoms with van der Waals surface area (Å²) in [4.78, 5) is 12.2. The minimum Gasteiger partial charge on any atom is -0.492 e. The van der Waals surface area contributed by atoms with Crippen LogP contribution in [0.15, 0.2) is 24.3 Å². The first-order valence-electron chi connectivity index (χ1n) is 6.77. The number of hydrogen-bond acceptors (Lipinski definition) is 2. The zero-order chi connectivity index (χ0) is 13.7. The summed E-state index contributed by atoms with van der Waals surface area (Å²) >= 11 is 3.41. The number of amides is 1. The highest BCUT2D eigenvalue weighted by Gasteiger charge is 2.26. The maximum absolute atomic E-state index is 12.2. The van der Waals surface area contributed by atoms with Gasteiger partial charge >= 0.3 is 0 Å². The molecule has 1 aliphatic rings. The summed E-state index contributed by atoms with van der Waals surface area (Å²) in [5.41, 5.74) is 1.13. The van der Waals surface area contributed by atoms with E-state index in [-0.39, 0.29) is 17.9 Å². The number of halogens is 1. The predicted molar refractivity (Wildman–Crippen MR) is 79.8 cm³/mol. The van der Waals surface area contributed by atoms with Crippen molar-refractivity contribution < 1.29 is 9.53 Å². The molecule has 1 N–H and O–H groups in total. The van der Waals surface area contributed by atoms with E-state index in [4.69, 9.17) is 4.74 Å². The van der Waals surface area contributed by atoms with Gasteiger partial charge in [0.15, 0.2) is 0 Å². The van der Waals surface area contributed by atoms with Crippen LogP contribution in [-0.2, 0) is 11.2 Å². The lowest BCUT2D eigenvalue weighted by atomic mass is 9.95. The van der Waals surface area contributed by atoms with Crippen molar-refractivity contribution in [1.82, 2.24) is 5.32 Å². The van der Waals surface area contributed by atoms with Crippen molar-refractivity contribution in [3.05, 3.63) is 29.8 Å². The fourth-order valence-electron chi connectivity index (χ4n) is 2.31. The molecular formula is C15H20BrNO2. The van der Waals surface area contributed by atoms with E-state index in [2.05, 4.69) is 28.2 Å². The Morgan fingerprint density at radius 2 is 2.32 bits per heavy atom. The summed E-state index contributed by atoms with van der Waals surface area (Å²) in [6.45, 7) is 2.53. The van der Waals surface area contributed by atoms with Crippen molar-refractivity contribution in [2.45, 2.75) is 32.2 Å². The van der Waals surface area contributed by atoms with Crippen LogP contribution in [0.1, 0.15) is 25.3 Å². The largest absolute Gasteiger partial charge is 0.492 e. The third-order valence-electron chi connectivity index (χ3n) is 3.41. The molecule has 1 aliphatic heterocycles. The standard InChI is InChI=1S/C15H20BrNO2/c1-11(5-4-8-16)17-15(18)13-9-12-6-2-3-7-14(12)19-10-13/h2-3,6-7,11,13H,4-5,8-10H2,1H3,(H,17,18). The predicted octanol–water partition coefficient (Wildman–Crippen LogP) is 2.92. The number of nitrogens with one attached hydrogen (secondary N) is 1. The highest BCUT2D eigenvalue weighted by molar-refractivity contribution is 9.09. The average Bonchev–Trinajstić information content (AvgIpc) is 2.44. The van der Waals surface area contributed by atoms with Crippen LogP contribution < -0.4 is 10.1 Å². The lowest BCUT2D eigenvalue weighted by molar-refractivity contribution is -0.126. The quantitative estimate of drug-likeness (QED) is 0.845. The van der Waals surface area contributed by atoms with Gasteiger partial charge in [0.05, 0.1) is 5.92 Å². The lowest BCUT2D eigenvalue weighted by Crippen LogP contribution is -2.41. The van der Waals surface area contributed by atoms with Crippen molar-refractivity contribution in [1.29, 1.82) is 0 Å². The van der Waals surface area contributed by atoms with Gasteiger partial charge in [-0.1, -0.05) is 34.1 Å². The number of ether oxygens (including phenoxy) is 1. The molecule has 1 aromatic rings. The molecular weight excluding hydrogens is 306 g/mol. The molecule has 0 fully saturated rings. The first-order valence-corrected chi connectivity index (χ1v) is 7.90. The molecule has 1 heterocycles. The van der Waals surface area contributed by atoms with Gasteiger partial charge < -0.3 is 10.1 Å². The van der Waals surface area contributed by atoms with Gasteiger partial charge in [0.25, 0.3) is 0 Å². The Kier molecular flexibility index (Phi) is 5.25. The minimum atomic E-state index is -0.0682. The highest BCUT2D eigenvalue weighted by atomic mass is 79.9. The SMILES string of the molecule is CC(CCCBr)NC(=O)C1COc2ccccc2C1. The fraction of sp³-hybridized carbons (Fsp3) is 0.533. The summed E-state index contributed by atoms with van der Waals surface area (Å²) in [6.07, 6.45) is 2.85. The number of rotatable bonds is 5. The summed E-state index contributed by atoms with van der Waals surface area (Å²) in [6, 6.07) is 8.16. The monoisotopic (exact) mass is 325 g/mol. The third kappa shape index (κ3) is 3.96. The molecule has 104 valence electrons. The molecule has 4 heteroatoms. The van der Waals surface area contributed by atoms with Crippen LogP contribution in [0.4, 0.5) is 0 Å². The molecule has 19 heavy (non-hydrogen) atoms. The number of alkyl halides is 1. The number of benzene rings is 1. The highest BCUT2D eigenvalue weighted by Crippen LogP contribution is 2.26. The van der Waals surface area contributed by atoms with Crippen LogP contribution in [0.2, 0.25) is 0 Å². The molecule has 0 saturated heterocycles. The zero-order valence-electron chi connectivity index (χ0n) is 11.2. The third-order valence-corrected chi connectivity index (χ3v) is 3.97. The molecule has 0 bridgehead atoms. The van der Waals surface area contributed by atoms with E-state index < -0.39 is 0 Å². The molecule has 0 saturated carbocycles. The van der Waals surface area contributed by atoms with E-state index >= 15 is 0 Å². The first kappa shape index (κ1) is 14.4. The second-order valence-corrected chi connectivity index (χ2v) is 5.85. The summed E-state index contributed by atoms with van der Waals surface area (Å²) in [5, 5.41) is 4.05. The Labute approximate surface area is 122 Å². The Hall–Kier alpha value is -1.03. The van der Waals surface area contributed by atoms with Gasteiger partial charge in [-0.25, -0.2) is 0 Å². The van der Waals surface area contributed by atoms with Gasteiger partial charge in [-0.3, -0.25) is 4.79 Å². The maximum Gasteiger partial charge on any atom is 0.227 e. The van der Waals surface area contributed by atoms with Gasteiger partial charge in [0, 0.05) is 11.4 Å². The van der Waals surface area contributed by atoms with E-state index in [1.54, 1.807) is 0 Å². The van der Waals surface area contributed by atoms with Crippen LogP contribution in [0.25, 0.3) is 0 Å². The number of fused-ring (bicyclic) bond motifs is 1. The van der Waals surface area contributed by atoms with Crippen LogP contribution in [0.5, 0.6) is 5.75 Å². The van der Waals surface area contributed by atoms with Crippen molar-refractivity contribution in [2.75, 3.05) is 11.9 Å². The van der Waals surface area contributed by atoms with Crippen molar-refractivity contribution in [3.63, 3.8) is 0 Å². The molecule has 2 unspecified atom stereocenters. The summed E-state index contributed by atoms with van der Waals surface area (Å²) in [5.74, 6) is 0.955. The van der Waals surface area contributed by atoms with Crippen LogP contribution in [0, 0.1) is 5.92 Å². The first-order chi connectivity index (χ1) is 9.20. The zero-order valence-corrected chi connectivity index (χ0v) is 12.8. The molecule has 2 rings (SSSR count). The van der Waals surface area contributed by atoms with Crippen LogP contribution >= 0.6 is 15.9 Å². The van der Waals surface area contributed by atoms with E-state index in [9.17, 15) is 4.79 Å². The smallest absolute Gasteiger partial charge is 0.227 e. The molecule has 0 aliphatic carbocycles. The molecule has 0 aromatic heterocycles. The van der Waals surface area contributed by atoms with Gasteiger partial charge in [-0.05, 0) is 37.8 Å². The van der Waals surface area contributed by atoms with Crippen molar-refractivity contribution >= 4 is 21.8 Å². The van der Waals surface area contributed by atoms with Gasteiger partial charge in [-0.15, -0.1) is 0 Å². The van der Waals surface area contributed by atoms with E-state index in [1.807, 2.05) is 24.3 Å². The molecule has 0 spiro atoms. The Morgan fingerprint density at radius 1 is 1.53 bits per heavy atom. The molecule has 1 amide bonds. The second kappa shape index (κ2) is 6.94. The topological polar surface area (TPSA) is 38.3 Å². The lowest BCUT2D eigenvalue weighted by Gasteiger charge is -2.25. The normalized spacial score (nSPS) is 19.2. The maximum atomic E-state index is 12.2. The molecule has 2 atom stereocenters. The fourth-order valence-corrected chi connectivity index (χ4v) is 2.64. The van der Waals surface area contributed by atoms with Gasteiger partial charge in [0.2, 0.25) is 5.91 Å². The molecule has 3 nitrogen and oxygen atoms in total. The molecule has 1 aromatic carbocycles. The van der Waals surface area contributed by atoms with Gasteiger partial charge in [-0.2, -0.15) is 0 Å². The average molecular weight is 326 g/mol. The summed E-state index contributed by atoms with van der Waals surface area (Å²) in [7, 11) is 0. The van der Waals surface area contributed by atoms with E-state index in [0.29, 0.717) is 6.61 Å². The van der Waals surface area contributed by atoms with Crippen LogP contribution in [0.3, 0.4) is 0 Å². The van der Waals surface area contributed by atoms with Crippen LogP contribution in [-0.4, -0.2) is 23.9 Å². The Balaban J connectivity index is 1.88. The Bertz CT molecular complexity index is 436. The number of hydrogen-bond donors (Lipinski definition) is 1. The minimum absolute atomic E-state index is 0.0682. The second-order valence-electron chi connectivity index (χ2n) is 5.06. The molecule has 0 radical (unpaired) electrons. The number of carbonyl (C=O) groups excluding carboxylic acids is 1. The van der Waals surface area contributed by atoms with Gasteiger partial charge in [0.1, 0.15) is 12.4 Å². The van der Waals surface area contributed by atoms with E-state index in [0.717, 1.165) is 35.9 Å². The number of carbonyl (C=O) groups is 1. The Morgan fingerprint density at radius 3 is 3.11 bits per heavy atom. The van der Waals surface area contributed by atoms with Crippen molar-refractivity contribution in [2.24, 2.45) is 5.92 Å². The number of para-hydroxylation sites is 1. The van der Waals surface area contributed by atoms with Crippen molar-refractivity contribution in [3.8, 4) is 5.75 Å².